The topological polar surface area (TPSA) is 41.3 Å². The molecular weight excluding hydrogens is 273 g/mol. The van der Waals surface area contributed by atoms with Crippen LogP contribution in [0.3, 0.4) is 0 Å². The van der Waals surface area contributed by atoms with Crippen molar-refractivity contribution in [3.05, 3.63) is 34.1 Å². The van der Waals surface area contributed by atoms with Crippen LogP contribution in [0.25, 0.3) is 0 Å². The van der Waals surface area contributed by atoms with Gasteiger partial charge in [-0.3, -0.25) is 11.3 Å². The number of hydrogen-bond acceptors (Lipinski definition) is 3. The van der Waals surface area contributed by atoms with Crippen molar-refractivity contribution in [2.45, 2.75) is 12.5 Å². The molecule has 0 radical (unpaired) electrons. The molecule has 5 heteroatoms. The molecule has 1 rings (SSSR count). The molecule has 1 unspecified atom stereocenters. The molecule has 1 aromatic rings. The highest BCUT2D eigenvalue weighted by Gasteiger charge is 2.15. The third-order valence-electron chi connectivity index (χ3n) is 2.42. The van der Waals surface area contributed by atoms with Crippen molar-refractivity contribution in [2.24, 2.45) is 5.84 Å². The standard InChI is InChI=1S/C11H17BrFN3/c1-16(2)7-6-10(15-14)8-4-3-5-9(12)11(8)13/h3-5,10,15H,6-7,14H2,1-2H3. The number of hydrogen-bond donors (Lipinski definition) is 2. The Bertz CT molecular complexity index is 344. The van der Waals surface area contributed by atoms with Crippen molar-refractivity contribution in [3.63, 3.8) is 0 Å². The van der Waals surface area contributed by atoms with Crippen LogP contribution < -0.4 is 11.3 Å². The fraction of sp³-hybridized carbons (Fsp3) is 0.455. The lowest BCUT2D eigenvalue weighted by Crippen LogP contribution is -2.31. The summed E-state index contributed by atoms with van der Waals surface area (Å²) in [6, 6.07) is 5.07. The van der Waals surface area contributed by atoms with E-state index in [4.69, 9.17) is 5.84 Å². The normalized spacial score (nSPS) is 13.1. The van der Waals surface area contributed by atoms with Gasteiger partial charge in [0.05, 0.1) is 10.5 Å². The number of nitrogens with zero attached hydrogens (tertiary/aromatic N) is 1. The van der Waals surface area contributed by atoms with E-state index >= 15 is 0 Å². The number of nitrogens with two attached hydrogens (primary N) is 1. The lowest BCUT2D eigenvalue weighted by molar-refractivity contribution is 0.358. The minimum absolute atomic E-state index is 0.167. The Kier molecular flexibility index (Phi) is 5.34. The summed E-state index contributed by atoms with van der Waals surface area (Å²) in [5, 5.41) is 0. The van der Waals surface area contributed by atoms with Crippen molar-refractivity contribution in [3.8, 4) is 0 Å². The molecular formula is C11H17BrFN3. The zero-order chi connectivity index (χ0) is 12.1. The zero-order valence-electron chi connectivity index (χ0n) is 9.50. The highest BCUT2D eigenvalue weighted by Crippen LogP contribution is 2.25. The van der Waals surface area contributed by atoms with Crippen LogP contribution in [0.2, 0.25) is 0 Å². The summed E-state index contributed by atoms with van der Waals surface area (Å²) in [4.78, 5) is 2.04. The van der Waals surface area contributed by atoms with Gasteiger partial charge < -0.3 is 4.90 Å². The maximum absolute atomic E-state index is 13.8. The van der Waals surface area contributed by atoms with E-state index in [0.717, 1.165) is 13.0 Å². The van der Waals surface area contributed by atoms with Crippen LogP contribution in [0.1, 0.15) is 18.0 Å². The molecule has 0 bridgehead atoms. The van der Waals surface area contributed by atoms with E-state index in [1.165, 1.54) is 0 Å². The van der Waals surface area contributed by atoms with Crippen molar-refractivity contribution >= 4 is 15.9 Å². The summed E-state index contributed by atoms with van der Waals surface area (Å²) < 4.78 is 14.3. The fourth-order valence-electron chi connectivity index (χ4n) is 1.51. The van der Waals surface area contributed by atoms with E-state index in [1.807, 2.05) is 25.1 Å². The smallest absolute Gasteiger partial charge is 0.142 e. The van der Waals surface area contributed by atoms with Gasteiger partial charge in [0.1, 0.15) is 5.82 Å². The highest BCUT2D eigenvalue weighted by molar-refractivity contribution is 9.10. The number of nitrogens with one attached hydrogen (secondary N) is 1. The Hall–Kier alpha value is -0.490. The van der Waals surface area contributed by atoms with E-state index in [2.05, 4.69) is 21.4 Å². The summed E-state index contributed by atoms with van der Waals surface area (Å²) >= 11 is 3.17. The third-order valence-corrected chi connectivity index (χ3v) is 3.04. The lowest BCUT2D eigenvalue weighted by Gasteiger charge is -2.19. The molecule has 3 nitrogen and oxygen atoms in total. The van der Waals surface area contributed by atoms with Gasteiger partial charge in [0.25, 0.3) is 0 Å². The van der Waals surface area contributed by atoms with E-state index in [1.54, 1.807) is 12.1 Å². The van der Waals surface area contributed by atoms with E-state index in [-0.39, 0.29) is 11.9 Å². The number of halogens is 2. The number of rotatable bonds is 5. The first kappa shape index (κ1) is 13.6. The Labute approximate surface area is 104 Å². The predicted octanol–water partition coefficient (Wildman–Crippen LogP) is 2.04. The highest BCUT2D eigenvalue weighted by atomic mass is 79.9. The summed E-state index contributed by atoms with van der Waals surface area (Å²) in [5.74, 6) is 5.21. The van der Waals surface area contributed by atoms with Crippen LogP contribution >= 0.6 is 15.9 Å². The summed E-state index contributed by atoms with van der Waals surface area (Å²) in [5.41, 5.74) is 3.25. The molecule has 3 N–H and O–H groups in total. The number of benzene rings is 1. The maximum atomic E-state index is 13.8. The van der Waals surface area contributed by atoms with Crippen molar-refractivity contribution in [2.75, 3.05) is 20.6 Å². The zero-order valence-corrected chi connectivity index (χ0v) is 11.1. The van der Waals surface area contributed by atoms with Crippen LogP contribution in [0.15, 0.2) is 22.7 Å². The summed E-state index contributed by atoms with van der Waals surface area (Å²) in [7, 11) is 3.95. The van der Waals surface area contributed by atoms with Gasteiger partial charge in [0, 0.05) is 5.56 Å². The minimum Gasteiger partial charge on any atom is -0.309 e. The van der Waals surface area contributed by atoms with Gasteiger partial charge in [-0.2, -0.15) is 0 Å². The molecule has 0 saturated heterocycles. The molecule has 1 aromatic carbocycles. The molecule has 16 heavy (non-hydrogen) atoms. The SMILES string of the molecule is CN(C)CCC(NN)c1cccc(Br)c1F. The first-order valence-corrected chi connectivity index (χ1v) is 5.90. The average molecular weight is 290 g/mol. The summed E-state index contributed by atoms with van der Waals surface area (Å²) in [6.45, 7) is 0.848. The molecule has 0 aliphatic rings. The Balaban J connectivity index is 2.82. The quantitative estimate of drug-likeness (QED) is 0.644. The van der Waals surface area contributed by atoms with Crippen molar-refractivity contribution < 1.29 is 4.39 Å². The molecule has 0 aromatic heterocycles. The fourth-order valence-corrected chi connectivity index (χ4v) is 1.89. The van der Waals surface area contributed by atoms with E-state index in [9.17, 15) is 4.39 Å². The van der Waals surface area contributed by atoms with Gasteiger partial charge in [-0.1, -0.05) is 12.1 Å². The van der Waals surface area contributed by atoms with Crippen LogP contribution in [-0.2, 0) is 0 Å². The molecule has 90 valence electrons. The second-order valence-corrected chi connectivity index (χ2v) is 4.81. The third kappa shape index (κ3) is 3.52. The van der Waals surface area contributed by atoms with E-state index < -0.39 is 0 Å². The second kappa shape index (κ2) is 6.30. The monoisotopic (exact) mass is 289 g/mol. The molecule has 0 aliphatic heterocycles. The van der Waals surface area contributed by atoms with Gasteiger partial charge >= 0.3 is 0 Å². The average Bonchev–Trinajstić information content (AvgIpc) is 2.24. The van der Waals surface area contributed by atoms with Crippen molar-refractivity contribution in [1.29, 1.82) is 0 Å². The molecule has 0 saturated carbocycles. The molecule has 0 amide bonds. The van der Waals surface area contributed by atoms with E-state index in [0.29, 0.717) is 10.0 Å². The molecule has 0 spiro atoms. The van der Waals surface area contributed by atoms with Crippen LogP contribution in [-0.4, -0.2) is 25.5 Å². The largest absolute Gasteiger partial charge is 0.309 e. The number of hydrazine groups is 1. The maximum Gasteiger partial charge on any atom is 0.142 e. The molecule has 0 fully saturated rings. The molecule has 0 aliphatic carbocycles. The van der Waals surface area contributed by atoms with Gasteiger partial charge in [-0.15, -0.1) is 0 Å². The molecule has 1 atom stereocenters. The van der Waals surface area contributed by atoms with Crippen LogP contribution in [0, 0.1) is 5.82 Å². The predicted molar refractivity (Wildman–Crippen MR) is 67.3 cm³/mol. The summed E-state index contributed by atoms with van der Waals surface area (Å²) in [6.07, 6.45) is 0.761. The lowest BCUT2D eigenvalue weighted by atomic mass is 10.0. The molecule has 0 heterocycles. The Morgan fingerprint density at radius 3 is 2.75 bits per heavy atom. The van der Waals surface area contributed by atoms with Crippen LogP contribution in [0.4, 0.5) is 4.39 Å². The van der Waals surface area contributed by atoms with Gasteiger partial charge in [0.2, 0.25) is 0 Å². The first-order valence-electron chi connectivity index (χ1n) is 5.11. The van der Waals surface area contributed by atoms with Gasteiger partial charge in [-0.25, -0.2) is 4.39 Å². The van der Waals surface area contributed by atoms with Crippen LogP contribution in [0.5, 0.6) is 0 Å². The minimum atomic E-state index is -0.246. The first-order chi connectivity index (χ1) is 7.56. The van der Waals surface area contributed by atoms with Gasteiger partial charge in [-0.05, 0) is 49.1 Å². The Morgan fingerprint density at radius 1 is 1.50 bits per heavy atom. The second-order valence-electron chi connectivity index (χ2n) is 3.95. The van der Waals surface area contributed by atoms with Crippen molar-refractivity contribution in [1.82, 2.24) is 10.3 Å². The van der Waals surface area contributed by atoms with Gasteiger partial charge in [0.15, 0.2) is 0 Å². The Morgan fingerprint density at radius 2 is 2.19 bits per heavy atom.